The molecule has 1 saturated heterocycles. The number of sulfone groups is 1. The van der Waals surface area contributed by atoms with Gasteiger partial charge in [0.25, 0.3) is 5.89 Å². The predicted molar refractivity (Wildman–Crippen MR) is 127 cm³/mol. The Morgan fingerprint density at radius 2 is 1.89 bits per heavy atom. The number of hydrogen-bond acceptors (Lipinski definition) is 7. The number of nitrogens with zero attached hydrogens (tertiary/aromatic N) is 6. The van der Waals surface area contributed by atoms with E-state index in [9.17, 15) is 22.0 Å². The average molecular weight is 535 g/mol. The Balaban J connectivity index is 1.47. The normalized spacial score (nSPS) is 15.4. The number of anilines is 1. The topological polar surface area (TPSA) is 114 Å². The summed E-state index contributed by atoms with van der Waals surface area (Å²) < 4.78 is 71.0. The molecule has 0 atom stereocenters. The van der Waals surface area contributed by atoms with Gasteiger partial charge in [0.05, 0.1) is 29.8 Å². The van der Waals surface area contributed by atoms with Gasteiger partial charge in [-0.25, -0.2) is 17.6 Å². The molecule has 2 aromatic heterocycles. The van der Waals surface area contributed by atoms with Crippen molar-refractivity contribution in [1.82, 2.24) is 24.9 Å². The second-order valence-electron chi connectivity index (χ2n) is 8.57. The molecule has 3 heterocycles. The van der Waals surface area contributed by atoms with E-state index in [-0.39, 0.29) is 48.2 Å². The Kier molecular flexibility index (Phi) is 6.35. The number of aryl methyl sites for hydroxylation is 1. The number of hydrogen-bond donors (Lipinski definition) is 0. The van der Waals surface area contributed by atoms with Gasteiger partial charge in [0, 0.05) is 42.3 Å². The van der Waals surface area contributed by atoms with Crippen molar-refractivity contribution >= 4 is 32.5 Å². The van der Waals surface area contributed by atoms with E-state index in [2.05, 4.69) is 15.3 Å². The number of amides is 2. The highest BCUT2D eigenvalue weighted by molar-refractivity contribution is 7.91. The van der Waals surface area contributed by atoms with Crippen LogP contribution in [0.3, 0.4) is 0 Å². The monoisotopic (exact) mass is 534 g/mol. The molecule has 0 aliphatic carbocycles. The molecule has 194 valence electrons. The summed E-state index contributed by atoms with van der Waals surface area (Å²) in [6, 6.07) is 8.67. The smallest absolute Gasteiger partial charge is 0.324 e. The minimum Gasteiger partial charge on any atom is -0.415 e. The number of fused-ring (bicyclic) bond motifs is 1. The number of carbonyl (C=O) groups excluding carboxylic acids is 1. The minimum absolute atomic E-state index is 0.0245. The van der Waals surface area contributed by atoms with Crippen LogP contribution in [0.2, 0.25) is 0 Å². The highest BCUT2D eigenvalue weighted by Crippen LogP contribution is 2.28. The summed E-state index contributed by atoms with van der Waals surface area (Å²) in [6.07, 6.45) is -1.28. The number of carbonyl (C=O) groups is 1. The molecule has 1 fully saturated rings. The van der Waals surface area contributed by atoms with Crippen LogP contribution in [0.4, 0.5) is 23.7 Å². The molecule has 2 amide bonds. The molecular formula is C23H21F3N6O4S. The van der Waals surface area contributed by atoms with Crippen LogP contribution < -0.4 is 4.90 Å². The summed E-state index contributed by atoms with van der Waals surface area (Å²) in [5, 5.41) is 11.8. The molecule has 10 nitrogen and oxygen atoms in total. The number of urea groups is 1. The molecule has 1 aliphatic heterocycles. The molecule has 0 bridgehead atoms. The molecule has 37 heavy (non-hydrogen) atoms. The molecule has 0 spiro atoms. The fourth-order valence-electron chi connectivity index (χ4n) is 4.06. The van der Waals surface area contributed by atoms with Gasteiger partial charge in [-0.15, -0.1) is 10.2 Å². The van der Waals surface area contributed by atoms with Gasteiger partial charge < -0.3 is 9.32 Å². The predicted octanol–water partition coefficient (Wildman–Crippen LogP) is 3.56. The van der Waals surface area contributed by atoms with Crippen LogP contribution in [0, 0.1) is 5.82 Å². The third kappa shape index (κ3) is 5.01. The van der Waals surface area contributed by atoms with Gasteiger partial charge in [0.15, 0.2) is 9.84 Å². The third-order valence-electron chi connectivity index (χ3n) is 6.15. The third-order valence-corrected chi connectivity index (χ3v) is 7.76. The first-order chi connectivity index (χ1) is 17.6. The summed E-state index contributed by atoms with van der Waals surface area (Å²) in [6.45, 7) is -0.128. The highest BCUT2D eigenvalue weighted by atomic mass is 32.2. The molecule has 2 aromatic carbocycles. The SMILES string of the molecule is Cn1ncc2ccc(N(Cc3ccc(-c4nnc(C(F)F)o4)cc3F)C(=O)N3CCS(=O)(=O)CC3)cc21. The maximum absolute atomic E-state index is 15.2. The van der Waals surface area contributed by atoms with Crippen molar-refractivity contribution in [3.8, 4) is 11.5 Å². The summed E-state index contributed by atoms with van der Waals surface area (Å²) >= 11 is 0. The van der Waals surface area contributed by atoms with Gasteiger partial charge in [-0.2, -0.15) is 13.9 Å². The summed E-state index contributed by atoms with van der Waals surface area (Å²) in [7, 11) is -1.46. The van der Waals surface area contributed by atoms with Gasteiger partial charge >= 0.3 is 12.5 Å². The molecule has 1 aliphatic rings. The quantitative estimate of drug-likeness (QED) is 0.385. The molecule has 4 aromatic rings. The fourth-order valence-corrected chi connectivity index (χ4v) is 5.26. The summed E-state index contributed by atoms with van der Waals surface area (Å²) in [5.41, 5.74) is 1.46. The molecule has 0 saturated carbocycles. The lowest BCUT2D eigenvalue weighted by molar-refractivity contribution is 0.116. The first kappa shape index (κ1) is 24.7. The number of aromatic nitrogens is 4. The van der Waals surface area contributed by atoms with Gasteiger partial charge in [-0.1, -0.05) is 6.07 Å². The maximum atomic E-state index is 15.2. The van der Waals surface area contributed by atoms with E-state index in [1.54, 1.807) is 36.1 Å². The lowest BCUT2D eigenvalue weighted by atomic mass is 10.1. The summed E-state index contributed by atoms with van der Waals surface area (Å²) in [4.78, 5) is 16.3. The number of halogens is 3. The highest BCUT2D eigenvalue weighted by Gasteiger charge is 2.30. The zero-order valence-electron chi connectivity index (χ0n) is 19.5. The lowest BCUT2D eigenvalue weighted by Crippen LogP contribution is -2.49. The van der Waals surface area contributed by atoms with Crippen LogP contribution in [-0.4, -0.2) is 63.9 Å². The Morgan fingerprint density at radius 3 is 2.57 bits per heavy atom. The molecule has 14 heteroatoms. The fraction of sp³-hybridized carbons (Fsp3) is 0.304. The van der Waals surface area contributed by atoms with Crippen molar-refractivity contribution in [2.24, 2.45) is 7.05 Å². The van der Waals surface area contributed by atoms with Crippen LogP contribution >= 0.6 is 0 Å². The average Bonchev–Trinajstić information content (AvgIpc) is 3.50. The Morgan fingerprint density at radius 1 is 1.14 bits per heavy atom. The van der Waals surface area contributed by atoms with Crippen LogP contribution in [0.1, 0.15) is 17.9 Å². The second-order valence-corrected chi connectivity index (χ2v) is 10.9. The van der Waals surface area contributed by atoms with E-state index in [4.69, 9.17) is 4.42 Å². The standard InChI is InChI=1S/C23H21F3N6O4S/c1-30-19-11-17(5-4-15(19)12-27-30)32(23(33)31-6-8-37(34,35)9-7-31)13-16-3-2-14(10-18(16)24)21-28-29-22(36-21)20(25)26/h2-5,10-12,20H,6-9,13H2,1H3. The molecular weight excluding hydrogens is 513 g/mol. The molecule has 5 rings (SSSR count). The van der Waals surface area contributed by atoms with E-state index < -0.39 is 34.0 Å². The zero-order chi connectivity index (χ0) is 26.3. The first-order valence-corrected chi connectivity index (χ1v) is 13.0. The van der Waals surface area contributed by atoms with Crippen molar-refractivity contribution in [3.63, 3.8) is 0 Å². The van der Waals surface area contributed by atoms with Gasteiger partial charge in [0.2, 0.25) is 5.89 Å². The minimum atomic E-state index is -3.22. The van der Waals surface area contributed by atoms with Crippen molar-refractivity contribution in [2.75, 3.05) is 29.5 Å². The van der Waals surface area contributed by atoms with Crippen molar-refractivity contribution < 1.29 is 30.8 Å². The van der Waals surface area contributed by atoms with Crippen LogP contribution in [0.5, 0.6) is 0 Å². The molecule has 0 N–H and O–H groups in total. The van der Waals surface area contributed by atoms with Crippen molar-refractivity contribution in [2.45, 2.75) is 13.0 Å². The largest absolute Gasteiger partial charge is 0.415 e. The number of alkyl halides is 2. The molecule has 0 unspecified atom stereocenters. The number of rotatable bonds is 5. The lowest BCUT2D eigenvalue weighted by Gasteiger charge is -2.33. The van der Waals surface area contributed by atoms with E-state index >= 15 is 4.39 Å². The first-order valence-electron chi connectivity index (χ1n) is 11.2. The van der Waals surface area contributed by atoms with E-state index in [1.165, 1.54) is 21.9 Å². The van der Waals surface area contributed by atoms with E-state index in [0.717, 1.165) is 17.0 Å². The second kappa shape index (κ2) is 9.50. The Bertz CT molecular complexity index is 1570. The maximum Gasteiger partial charge on any atom is 0.324 e. The number of benzene rings is 2. The zero-order valence-corrected chi connectivity index (χ0v) is 20.3. The summed E-state index contributed by atoms with van der Waals surface area (Å²) in [5.74, 6) is -2.15. The van der Waals surface area contributed by atoms with Crippen LogP contribution in [-0.2, 0) is 23.4 Å². The van der Waals surface area contributed by atoms with Gasteiger partial charge in [0.1, 0.15) is 5.82 Å². The van der Waals surface area contributed by atoms with E-state index in [1.807, 2.05) is 0 Å². The van der Waals surface area contributed by atoms with Gasteiger partial charge in [-0.05, 0) is 30.3 Å². The molecule has 0 radical (unpaired) electrons. The van der Waals surface area contributed by atoms with Crippen LogP contribution in [0.25, 0.3) is 22.4 Å². The Hall–Kier alpha value is -3.94. The van der Waals surface area contributed by atoms with E-state index in [0.29, 0.717) is 5.69 Å². The van der Waals surface area contributed by atoms with Gasteiger partial charge in [-0.3, -0.25) is 9.58 Å². The van der Waals surface area contributed by atoms with Crippen molar-refractivity contribution in [1.29, 1.82) is 0 Å². The van der Waals surface area contributed by atoms with Crippen LogP contribution in [0.15, 0.2) is 47.0 Å². The Labute approximate surface area is 209 Å². The van der Waals surface area contributed by atoms with Crippen molar-refractivity contribution in [3.05, 3.63) is 59.9 Å².